The van der Waals surface area contributed by atoms with Crippen LogP contribution < -0.4 is 5.32 Å². The summed E-state index contributed by atoms with van der Waals surface area (Å²) in [6.45, 7) is 10.1. The van der Waals surface area contributed by atoms with Crippen molar-refractivity contribution in [1.29, 1.82) is 0 Å². The molecule has 4 heteroatoms. The second kappa shape index (κ2) is 8.86. The van der Waals surface area contributed by atoms with E-state index in [1.807, 2.05) is 13.8 Å². The maximum atomic E-state index is 5.77. The van der Waals surface area contributed by atoms with Crippen LogP contribution in [0, 0.1) is 0 Å². The first-order valence-corrected chi connectivity index (χ1v) is 6.87. The minimum atomic E-state index is 0.216. The van der Waals surface area contributed by atoms with E-state index in [1.165, 1.54) is 0 Å². The predicted molar refractivity (Wildman–Crippen MR) is 68.3 cm³/mol. The quantitative estimate of drug-likeness (QED) is 0.593. The summed E-state index contributed by atoms with van der Waals surface area (Å²) in [6.07, 6.45) is 2.67. The van der Waals surface area contributed by atoms with Crippen molar-refractivity contribution in [3.63, 3.8) is 0 Å². The zero-order valence-corrected chi connectivity index (χ0v) is 11.4. The highest BCUT2D eigenvalue weighted by molar-refractivity contribution is 4.97. The van der Waals surface area contributed by atoms with Crippen LogP contribution in [-0.4, -0.2) is 51.2 Å². The van der Waals surface area contributed by atoms with Gasteiger partial charge >= 0.3 is 0 Å². The Morgan fingerprint density at radius 3 is 2.53 bits per heavy atom. The van der Waals surface area contributed by atoms with Gasteiger partial charge in [0.05, 0.1) is 25.4 Å². The SMILES string of the molecule is CCCNC1CC(OCCOCC)C1OCC. The zero-order chi connectivity index (χ0) is 12.5. The third kappa shape index (κ3) is 4.92. The predicted octanol–water partition coefficient (Wildman–Crippen LogP) is 1.59. The molecule has 1 aliphatic rings. The summed E-state index contributed by atoms with van der Waals surface area (Å²) in [6, 6.07) is 0.465. The van der Waals surface area contributed by atoms with E-state index in [9.17, 15) is 0 Å². The zero-order valence-electron chi connectivity index (χ0n) is 11.4. The Morgan fingerprint density at radius 1 is 1.06 bits per heavy atom. The minimum absolute atomic E-state index is 0.216. The third-order valence-corrected chi connectivity index (χ3v) is 3.03. The van der Waals surface area contributed by atoms with Crippen LogP contribution in [0.4, 0.5) is 0 Å². The lowest BCUT2D eigenvalue weighted by molar-refractivity contribution is -0.150. The lowest BCUT2D eigenvalue weighted by Gasteiger charge is -2.44. The molecule has 0 aromatic rings. The van der Waals surface area contributed by atoms with E-state index < -0.39 is 0 Å². The Bertz CT molecular complexity index is 188. The first kappa shape index (κ1) is 14.9. The highest BCUT2D eigenvalue weighted by Crippen LogP contribution is 2.27. The molecule has 1 N–H and O–H groups in total. The summed E-state index contributed by atoms with van der Waals surface area (Å²) in [4.78, 5) is 0. The second-order valence-electron chi connectivity index (χ2n) is 4.32. The van der Waals surface area contributed by atoms with Crippen LogP contribution >= 0.6 is 0 Å². The Kier molecular flexibility index (Phi) is 7.77. The monoisotopic (exact) mass is 245 g/mol. The van der Waals surface area contributed by atoms with E-state index in [2.05, 4.69) is 12.2 Å². The fourth-order valence-corrected chi connectivity index (χ4v) is 2.09. The van der Waals surface area contributed by atoms with Gasteiger partial charge in [-0.2, -0.15) is 0 Å². The van der Waals surface area contributed by atoms with Gasteiger partial charge in [-0.05, 0) is 33.2 Å². The number of ether oxygens (including phenoxy) is 3. The molecule has 0 spiro atoms. The van der Waals surface area contributed by atoms with E-state index in [1.54, 1.807) is 0 Å². The molecule has 0 radical (unpaired) electrons. The Balaban J connectivity index is 2.17. The van der Waals surface area contributed by atoms with Crippen LogP contribution in [0.2, 0.25) is 0 Å². The molecule has 0 aromatic carbocycles. The van der Waals surface area contributed by atoms with Gasteiger partial charge in [-0.1, -0.05) is 6.92 Å². The van der Waals surface area contributed by atoms with Gasteiger partial charge in [-0.15, -0.1) is 0 Å². The Labute approximate surface area is 105 Å². The van der Waals surface area contributed by atoms with E-state index in [0.29, 0.717) is 19.3 Å². The molecule has 0 aliphatic heterocycles. The highest BCUT2D eigenvalue weighted by Gasteiger charge is 2.42. The van der Waals surface area contributed by atoms with Crippen molar-refractivity contribution in [2.24, 2.45) is 0 Å². The molecule has 4 nitrogen and oxygen atoms in total. The fraction of sp³-hybridized carbons (Fsp3) is 1.00. The average molecular weight is 245 g/mol. The molecule has 1 rings (SSSR count). The van der Waals surface area contributed by atoms with Crippen molar-refractivity contribution in [3.8, 4) is 0 Å². The third-order valence-electron chi connectivity index (χ3n) is 3.03. The number of hydrogen-bond donors (Lipinski definition) is 1. The number of hydrogen-bond acceptors (Lipinski definition) is 4. The summed E-state index contributed by atoms with van der Waals surface area (Å²) in [5.41, 5.74) is 0. The molecule has 3 unspecified atom stereocenters. The maximum absolute atomic E-state index is 5.77. The molecule has 0 heterocycles. The molecule has 1 aliphatic carbocycles. The lowest BCUT2D eigenvalue weighted by atomic mass is 9.85. The summed E-state index contributed by atoms with van der Waals surface area (Å²) in [5.74, 6) is 0. The van der Waals surface area contributed by atoms with Gasteiger partial charge < -0.3 is 19.5 Å². The van der Waals surface area contributed by atoms with Gasteiger partial charge in [0.2, 0.25) is 0 Å². The molecule has 1 saturated carbocycles. The molecule has 0 bridgehead atoms. The van der Waals surface area contributed by atoms with Crippen LogP contribution in [0.3, 0.4) is 0 Å². The van der Waals surface area contributed by atoms with Crippen LogP contribution in [0.15, 0.2) is 0 Å². The van der Waals surface area contributed by atoms with Crippen molar-refractivity contribution < 1.29 is 14.2 Å². The van der Waals surface area contributed by atoms with Crippen molar-refractivity contribution in [2.45, 2.75) is 51.9 Å². The van der Waals surface area contributed by atoms with Crippen molar-refractivity contribution in [2.75, 3.05) is 33.0 Å². The first-order valence-electron chi connectivity index (χ1n) is 6.87. The Hall–Kier alpha value is -0.160. The lowest BCUT2D eigenvalue weighted by Crippen LogP contribution is -2.60. The maximum Gasteiger partial charge on any atom is 0.0990 e. The average Bonchev–Trinajstić information content (AvgIpc) is 2.33. The highest BCUT2D eigenvalue weighted by atomic mass is 16.6. The fourth-order valence-electron chi connectivity index (χ4n) is 2.09. The van der Waals surface area contributed by atoms with Gasteiger partial charge in [0.25, 0.3) is 0 Å². The van der Waals surface area contributed by atoms with Crippen molar-refractivity contribution in [3.05, 3.63) is 0 Å². The smallest absolute Gasteiger partial charge is 0.0990 e. The van der Waals surface area contributed by atoms with Gasteiger partial charge in [-0.25, -0.2) is 0 Å². The van der Waals surface area contributed by atoms with Crippen LogP contribution in [-0.2, 0) is 14.2 Å². The van der Waals surface area contributed by atoms with E-state index in [0.717, 1.165) is 32.6 Å². The number of nitrogens with one attached hydrogen (secondary N) is 1. The summed E-state index contributed by atoms with van der Waals surface area (Å²) >= 11 is 0. The second-order valence-corrected chi connectivity index (χ2v) is 4.32. The molecule has 3 atom stereocenters. The van der Waals surface area contributed by atoms with Crippen LogP contribution in [0.25, 0.3) is 0 Å². The van der Waals surface area contributed by atoms with Gasteiger partial charge in [0.1, 0.15) is 0 Å². The molecular weight excluding hydrogens is 218 g/mol. The summed E-state index contributed by atoms with van der Waals surface area (Å²) in [7, 11) is 0. The molecule has 0 amide bonds. The van der Waals surface area contributed by atoms with Crippen molar-refractivity contribution in [1.82, 2.24) is 5.32 Å². The molecule has 0 aromatic heterocycles. The normalized spacial score (nSPS) is 28.1. The molecule has 1 fully saturated rings. The first-order chi connectivity index (χ1) is 8.33. The van der Waals surface area contributed by atoms with Crippen molar-refractivity contribution >= 4 is 0 Å². The molecule has 0 saturated heterocycles. The van der Waals surface area contributed by atoms with Crippen LogP contribution in [0.1, 0.15) is 33.6 Å². The molecule has 102 valence electrons. The van der Waals surface area contributed by atoms with E-state index in [4.69, 9.17) is 14.2 Å². The largest absolute Gasteiger partial charge is 0.379 e. The van der Waals surface area contributed by atoms with Gasteiger partial charge in [-0.3, -0.25) is 0 Å². The minimum Gasteiger partial charge on any atom is -0.379 e. The molecule has 17 heavy (non-hydrogen) atoms. The number of rotatable bonds is 10. The summed E-state index contributed by atoms with van der Waals surface area (Å²) in [5, 5.41) is 3.50. The Morgan fingerprint density at radius 2 is 1.88 bits per heavy atom. The van der Waals surface area contributed by atoms with E-state index >= 15 is 0 Å². The molecular formula is C13H27NO3. The van der Waals surface area contributed by atoms with Gasteiger partial charge in [0, 0.05) is 19.3 Å². The topological polar surface area (TPSA) is 39.7 Å². The van der Waals surface area contributed by atoms with E-state index in [-0.39, 0.29) is 12.2 Å². The van der Waals surface area contributed by atoms with Gasteiger partial charge in [0.15, 0.2) is 0 Å². The summed E-state index contributed by atoms with van der Waals surface area (Å²) < 4.78 is 16.8. The standard InChI is InChI=1S/C13H27NO3/c1-4-7-14-11-10-12(13(11)16-6-3)17-9-8-15-5-2/h11-14H,4-10H2,1-3H3. The van der Waals surface area contributed by atoms with Crippen LogP contribution in [0.5, 0.6) is 0 Å².